The van der Waals surface area contributed by atoms with Crippen LogP contribution in [0.2, 0.25) is 0 Å². The average Bonchev–Trinajstić information content (AvgIpc) is 2.76. The lowest BCUT2D eigenvalue weighted by atomic mass is 9.80. The SMILES string of the molecule is CC(=O)OCC(=O)N[C@@]1(C(N)=O)CC[C@](C)(CO[C@H](C)c2cc(C(F)(F)F)cc(C(F)(F)F)c2)NC1. The van der Waals surface area contributed by atoms with Crippen LogP contribution in [0.3, 0.4) is 0 Å². The van der Waals surface area contributed by atoms with E-state index >= 15 is 0 Å². The van der Waals surface area contributed by atoms with Crippen molar-refractivity contribution in [2.45, 2.75) is 63.1 Å². The van der Waals surface area contributed by atoms with E-state index in [4.69, 9.17) is 10.5 Å². The molecule has 0 saturated carbocycles. The molecule has 0 bridgehead atoms. The number of primary amides is 1. The van der Waals surface area contributed by atoms with Crippen LogP contribution >= 0.6 is 0 Å². The molecule has 0 aromatic heterocycles. The van der Waals surface area contributed by atoms with Gasteiger partial charge in [-0.2, -0.15) is 26.3 Å². The summed E-state index contributed by atoms with van der Waals surface area (Å²) in [5.41, 5.74) is -0.0575. The van der Waals surface area contributed by atoms with Crippen LogP contribution in [0.25, 0.3) is 0 Å². The number of nitrogens with one attached hydrogen (secondary N) is 2. The zero-order chi connectivity index (χ0) is 27.5. The van der Waals surface area contributed by atoms with Gasteiger partial charge in [0.15, 0.2) is 6.61 Å². The molecule has 0 spiro atoms. The van der Waals surface area contributed by atoms with E-state index < -0.39 is 65.1 Å². The van der Waals surface area contributed by atoms with Gasteiger partial charge in [0.25, 0.3) is 5.91 Å². The predicted molar refractivity (Wildman–Crippen MR) is 113 cm³/mol. The van der Waals surface area contributed by atoms with Gasteiger partial charge in [-0.25, -0.2) is 0 Å². The third-order valence-electron chi connectivity index (χ3n) is 5.91. The van der Waals surface area contributed by atoms with Crippen molar-refractivity contribution in [1.29, 1.82) is 0 Å². The van der Waals surface area contributed by atoms with Crippen molar-refractivity contribution in [2.75, 3.05) is 19.8 Å². The molecule has 202 valence electrons. The first-order valence-corrected chi connectivity index (χ1v) is 10.8. The van der Waals surface area contributed by atoms with E-state index in [2.05, 4.69) is 15.4 Å². The lowest BCUT2D eigenvalue weighted by molar-refractivity contribution is -0.148. The molecule has 1 aromatic rings. The minimum absolute atomic E-state index is 0.0411. The molecule has 3 atom stereocenters. The van der Waals surface area contributed by atoms with Gasteiger partial charge in [-0.3, -0.25) is 14.4 Å². The van der Waals surface area contributed by atoms with E-state index in [1.165, 1.54) is 6.92 Å². The number of hydrogen-bond donors (Lipinski definition) is 3. The fourth-order valence-electron chi connectivity index (χ4n) is 3.62. The number of amides is 2. The van der Waals surface area contributed by atoms with Gasteiger partial charge in [0, 0.05) is 19.0 Å². The topological polar surface area (TPSA) is 120 Å². The van der Waals surface area contributed by atoms with Crippen molar-refractivity contribution in [1.82, 2.24) is 10.6 Å². The van der Waals surface area contributed by atoms with Gasteiger partial charge in [0.2, 0.25) is 5.91 Å². The summed E-state index contributed by atoms with van der Waals surface area (Å²) in [5, 5.41) is 5.46. The molecule has 1 fully saturated rings. The Hall–Kier alpha value is -2.87. The lowest BCUT2D eigenvalue weighted by Crippen LogP contribution is -2.69. The van der Waals surface area contributed by atoms with E-state index in [0.29, 0.717) is 12.1 Å². The number of carbonyl (C=O) groups is 3. The summed E-state index contributed by atoms with van der Waals surface area (Å²) in [7, 11) is 0. The average molecular weight is 527 g/mol. The highest BCUT2D eigenvalue weighted by molar-refractivity contribution is 5.91. The first-order valence-electron chi connectivity index (χ1n) is 10.8. The van der Waals surface area contributed by atoms with Crippen LogP contribution in [-0.4, -0.2) is 48.6 Å². The van der Waals surface area contributed by atoms with Crippen LogP contribution in [0.15, 0.2) is 18.2 Å². The molecule has 0 aliphatic carbocycles. The number of nitrogens with two attached hydrogens (primary N) is 1. The molecule has 8 nitrogen and oxygen atoms in total. The van der Waals surface area contributed by atoms with Crippen molar-refractivity contribution in [2.24, 2.45) is 5.73 Å². The fourth-order valence-corrected chi connectivity index (χ4v) is 3.62. The first-order chi connectivity index (χ1) is 16.4. The highest BCUT2D eigenvalue weighted by atomic mass is 19.4. The summed E-state index contributed by atoms with van der Waals surface area (Å²) in [6.45, 7) is 3.23. The number of alkyl halides is 6. The third kappa shape index (κ3) is 7.56. The Bertz CT molecular complexity index is 955. The smallest absolute Gasteiger partial charge is 0.416 e. The molecule has 0 radical (unpaired) electrons. The van der Waals surface area contributed by atoms with Gasteiger partial charge >= 0.3 is 18.3 Å². The molecule has 1 aliphatic heterocycles. The normalized spacial score (nSPS) is 23.6. The van der Waals surface area contributed by atoms with Crippen LogP contribution in [0, 0.1) is 0 Å². The van der Waals surface area contributed by atoms with Crippen molar-refractivity contribution in [3.8, 4) is 0 Å². The Morgan fingerprint density at radius 1 is 1.08 bits per heavy atom. The number of ether oxygens (including phenoxy) is 2. The highest BCUT2D eigenvalue weighted by Crippen LogP contribution is 2.38. The number of benzene rings is 1. The molecule has 1 aromatic carbocycles. The number of carbonyl (C=O) groups excluding carboxylic acids is 3. The van der Waals surface area contributed by atoms with Gasteiger partial charge < -0.3 is 25.8 Å². The van der Waals surface area contributed by atoms with Crippen molar-refractivity contribution in [3.63, 3.8) is 0 Å². The second-order valence-electron chi connectivity index (χ2n) is 8.98. The molecule has 14 heteroatoms. The Morgan fingerprint density at radius 3 is 2.06 bits per heavy atom. The van der Waals surface area contributed by atoms with E-state index in [1.807, 2.05) is 0 Å². The van der Waals surface area contributed by atoms with E-state index in [1.54, 1.807) is 6.92 Å². The Balaban J connectivity index is 2.10. The standard InChI is InChI=1S/C22H27F6N3O5/c1-12(14-6-15(21(23,24)25)8-16(7-14)22(26,27)28)36-11-19(3)4-5-20(10-30-19,18(29)34)31-17(33)9-35-13(2)32/h6-8,12,30H,4-5,9-11H2,1-3H3,(H2,29,34)(H,31,33)/t12-,19-,20+/m1/s1. The molecule has 1 aliphatic rings. The molecule has 1 heterocycles. The van der Waals surface area contributed by atoms with Gasteiger partial charge in [-0.15, -0.1) is 0 Å². The quantitative estimate of drug-likeness (QED) is 0.353. The summed E-state index contributed by atoms with van der Waals surface area (Å²) >= 11 is 0. The largest absolute Gasteiger partial charge is 0.456 e. The maximum Gasteiger partial charge on any atom is 0.416 e. The minimum Gasteiger partial charge on any atom is -0.456 e. The van der Waals surface area contributed by atoms with Crippen molar-refractivity contribution >= 4 is 17.8 Å². The van der Waals surface area contributed by atoms with Gasteiger partial charge in [0.1, 0.15) is 5.54 Å². The maximum atomic E-state index is 13.1. The Kier molecular flexibility index (Phi) is 8.67. The second kappa shape index (κ2) is 10.6. The van der Waals surface area contributed by atoms with Crippen LogP contribution in [0.1, 0.15) is 56.4 Å². The first kappa shape index (κ1) is 29.4. The summed E-state index contributed by atoms with van der Waals surface area (Å²) < 4.78 is 89.1. The highest BCUT2D eigenvalue weighted by Gasteiger charge is 2.45. The molecular weight excluding hydrogens is 500 g/mol. The summed E-state index contributed by atoms with van der Waals surface area (Å²) in [6, 6.07) is 1.25. The molecule has 2 amide bonds. The van der Waals surface area contributed by atoms with Crippen LogP contribution in [0.5, 0.6) is 0 Å². The minimum atomic E-state index is -4.98. The van der Waals surface area contributed by atoms with Crippen LogP contribution in [-0.2, 0) is 36.2 Å². The van der Waals surface area contributed by atoms with Crippen LogP contribution in [0.4, 0.5) is 26.3 Å². The molecular formula is C22H27F6N3O5. The Labute approximate surface area is 202 Å². The second-order valence-corrected chi connectivity index (χ2v) is 8.98. The van der Waals surface area contributed by atoms with E-state index in [9.17, 15) is 40.7 Å². The Morgan fingerprint density at radius 2 is 1.64 bits per heavy atom. The molecule has 1 saturated heterocycles. The third-order valence-corrected chi connectivity index (χ3v) is 5.91. The lowest BCUT2D eigenvalue weighted by Gasteiger charge is -2.44. The maximum absolute atomic E-state index is 13.1. The van der Waals surface area contributed by atoms with Gasteiger partial charge in [0.05, 0.1) is 23.8 Å². The predicted octanol–water partition coefficient (Wildman–Crippen LogP) is 2.85. The summed E-state index contributed by atoms with van der Waals surface area (Å²) in [5.74, 6) is -2.28. The zero-order valence-corrected chi connectivity index (χ0v) is 19.7. The van der Waals surface area contributed by atoms with Crippen molar-refractivity contribution < 1.29 is 50.2 Å². The number of hydrogen-bond acceptors (Lipinski definition) is 6. The number of halogens is 6. The zero-order valence-electron chi connectivity index (χ0n) is 19.7. The molecule has 4 N–H and O–H groups in total. The van der Waals surface area contributed by atoms with Crippen molar-refractivity contribution in [3.05, 3.63) is 34.9 Å². The monoisotopic (exact) mass is 527 g/mol. The summed E-state index contributed by atoms with van der Waals surface area (Å²) in [6.07, 6.45) is -10.8. The molecule has 36 heavy (non-hydrogen) atoms. The molecule has 2 rings (SSSR count). The van der Waals surface area contributed by atoms with Gasteiger partial charge in [-0.1, -0.05) is 0 Å². The number of piperidine rings is 1. The van der Waals surface area contributed by atoms with Crippen LogP contribution < -0.4 is 16.4 Å². The number of esters is 1. The molecule has 0 unspecified atom stereocenters. The van der Waals surface area contributed by atoms with Gasteiger partial charge in [-0.05, 0) is 50.5 Å². The summed E-state index contributed by atoms with van der Waals surface area (Å²) in [4.78, 5) is 35.0. The fraction of sp³-hybridized carbons (Fsp3) is 0.591. The van der Waals surface area contributed by atoms with E-state index in [-0.39, 0.29) is 37.6 Å². The van der Waals surface area contributed by atoms with E-state index in [0.717, 1.165) is 6.92 Å². The number of rotatable bonds is 8.